The molecule has 0 unspecified atom stereocenters. The van der Waals surface area contributed by atoms with E-state index in [9.17, 15) is 9.59 Å². The minimum Gasteiger partial charge on any atom is -0.353 e. The fraction of sp³-hybridized carbons (Fsp3) is 0.273. The van der Waals surface area contributed by atoms with Gasteiger partial charge in [0.05, 0.1) is 5.92 Å². The number of para-hydroxylation sites is 1. The van der Waals surface area contributed by atoms with Crippen LogP contribution in [0.3, 0.4) is 0 Å². The molecule has 1 N–H and O–H groups in total. The van der Waals surface area contributed by atoms with Gasteiger partial charge in [-0.3, -0.25) is 9.59 Å². The molecule has 7 nitrogen and oxygen atoms in total. The van der Waals surface area contributed by atoms with E-state index in [1.54, 1.807) is 4.90 Å². The molecule has 2 atom stereocenters. The number of anilines is 1. The van der Waals surface area contributed by atoms with Crippen LogP contribution in [0.5, 0.6) is 0 Å². The van der Waals surface area contributed by atoms with Gasteiger partial charge in [0.1, 0.15) is 0 Å². The first-order valence-electron chi connectivity index (χ1n) is 9.64. The Morgan fingerprint density at radius 2 is 1.86 bits per heavy atom. The van der Waals surface area contributed by atoms with Gasteiger partial charge in [-0.15, -0.1) is 0 Å². The lowest BCUT2D eigenvalue weighted by molar-refractivity contribution is -0.126. The van der Waals surface area contributed by atoms with E-state index in [4.69, 9.17) is 4.52 Å². The average Bonchev–Trinajstić information content (AvgIpc) is 3.36. The monoisotopic (exact) mass is 390 g/mol. The van der Waals surface area contributed by atoms with Gasteiger partial charge in [-0.25, -0.2) is 0 Å². The molecule has 2 heterocycles. The van der Waals surface area contributed by atoms with Gasteiger partial charge in [0.25, 0.3) is 0 Å². The van der Waals surface area contributed by atoms with Crippen molar-refractivity contribution >= 4 is 17.5 Å². The third kappa shape index (κ3) is 4.34. The smallest absolute Gasteiger partial charge is 0.229 e. The van der Waals surface area contributed by atoms with Gasteiger partial charge in [-0.2, -0.15) is 4.98 Å². The zero-order valence-corrected chi connectivity index (χ0v) is 16.1. The van der Waals surface area contributed by atoms with E-state index in [1.807, 2.05) is 67.6 Å². The molecule has 0 bridgehead atoms. The number of nitrogens with zero attached hydrogens (tertiary/aromatic N) is 3. The Morgan fingerprint density at radius 1 is 1.17 bits per heavy atom. The zero-order valence-electron chi connectivity index (χ0n) is 16.1. The summed E-state index contributed by atoms with van der Waals surface area (Å²) >= 11 is 0. The number of carbonyl (C=O) groups is 2. The topological polar surface area (TPSA) is 88.3 Å². The molecular formula is C22H22N4O3. The van der Waals surface area contributed by atoms with Gasteiger partial charge < -0.3 is 14.7 Å². The number of carbonyl (C=O) groups excluding carboxylic acids is 2. The largest absolute Gasteiger partial charge is 0.353 e. The average molecular weight is 390 g/mol. The lowest BCUT2D eigenvalue weighted by Gasteiger charge is -2.18. The van der Waals surface area contributed by atoms with Crippen LogP contribution in [-0.4, -0.2) is 34.5 Å². The number of amides is 2. The molecule has 148 valence electrons. The molecule has 1 fully saturated rings. The lowest BCUT2D eigenvalue weighted by atomic mass is 10.1. The summed E-state index contributed by atoms with van der Waals surface area (Å²) in [5, 5.41) is 6.97. The Labute approximate surface area is 168 Å². The van der Waals surface area contributed by atoms with Gasteiger partial charge in [0, 0.05) is 36.7 Å². The lowest BCUT2D eigenvalue weighted by Crippen LogP contribution is -2.39. The number of hydrogen-bond acceptors (Lipinski definition) is 5. The van der Waals surface area contributed by atoms with Crippen molar-refractivity contribution in [3.05, 3.63) is 66.6 Å². The third-order valence-electron chi connectivity index (χ3n) is 4.93. The highest BCUT2D eigenvalue weighted by Crippen LogP contribution is 2.25. The van der Waals surface area contributed by atoms with Crippen molar-refractivity contribution in [2.75, 3.05) is 11.4 Å². The first-order chi connectivity index (χ1) is 14.1. The van der Waals surface area contributed by atoms with Crippen molar-refractivity contribution in [3.63, 3.8) is 0 Å². The molecule has 7 heteroatoms. The minimum absolute atomic E-state index is 0.0339. The Balaban J connectivity index is 1.33. The van der Waals surface area contributed by atoms with Crippen molar-refractivity contribution in [1.29, 1.82) is 0 Å². The summed E-state index contributed by atoms with van der Waals surface area (Å²) in [5.41, 5.74) is 1.70. The Hall–Kier alpha value is -3.48. The van der Waals surface area contributed by atoms with Gasteiger partial charge >= 0.3 is 0 Å². The molecular weight excluding hydrogens is 368 g/mol. The van der Waals surface area contributed by atoms with E-state index in [-0.39, 0.29) is 30.2 Å². The number of aromatic nitrogens is 2. The molecule has 4 rings (SSSR count). The molecule has 0 spiro atoms. The summed E-state index contributed by atoms with van der Waals surface area (Å²) in [7, 11) is 0. The SMILES string of the molecule is C[C@@H](Cc1nc(-c2ccccc2)no1)NC(=O)[C@H]1CC(=O)N(c2ccccc2)C1. The second-order valence-corrected chi connectivity index (χ2v) is 7.23. The van der Waals surface area contributed by atoms with E-state index >= 15 is 0 Å². The van der Waals surface area contributed by atoms with Gasteiger partial charge in [0.2, 0.25) is 23.5 Å². The van der Waals surface area contributed by atoms with Crippen molar-refractivity contribution in [3.8, 4) is 11.4 Å². The summed E-state index contributed by atoms with van der Waals surface area (Å²) < 4.78 is 5.31. The standard InChI is InChI=1S/C22H22N4O3/c1-15(12-19-24-21(25-29-19)16-8-4-2-5-9-16)23-22(28)17-13-20(27)26(14-17)18-10-6-3-7-11-18/h2-11,15,17H,12-14H2,1H3,(H,23,28)/t15-,17-/m0/s1. The van der Waals surface area contributed by atoms with Gasteiger partial charge in [-0.05, 0) is 19.1 Å². The fourth-order valence-electron chi connectivity index (χ4n) is 3.46. The van der Waals surface area contributed by atoms with Crippen molar-refractivity contribution in [2.45, 2.75) is 25.8 Å². The highest BCUT2D eigenvalue weighted by atomic mass is 16.5. The van der Waals surface area contributed by atoms with E-state index in [0.29, 0.717) is 24.7 Å². The fourth-order valence-corrected chi connectivity index (χ4v) is 3.46. The molecule has 1 aliphatic rings. The van der Waals surface area contributed by atoms with Crippen LogP contribution < -0.4 is 10.2 Å². The maximum absolute atomic E-state index is 12.6. The summed E-state index contributed by atoms with van der Waals surface area (Å²) in [5.74, 6) is 0.456. The first-order valence-corrected chi connectivity index (χ1v) is 9.64. The normalized spacial score (nSPS) is 17.3. The van der Waals surface area contributed by atoms with Crippen LogP contribution in [0.4, 0.5) is 5.69 Å². The van der Waals surface area contributed by atoms with E-state index in [2.05, 4.69) is 15.5 Å². The van der Waals surface area contributed by atoms with Crippen LogP contribution in [0.15, 0.2) is 65.2 Å². The Morgan fingerprint density at radius 3 is 2.59 bits per heavy atom. The highest BCUT2D eigenvalue weighted by molar-refractivity contribution is 6.00. The molecule has 1 saturated heterocycles. The molecule has 0 radical (unpaired) electrons. The van der Waals surface area contributed by atoms with E-state index in [0.717, 1.165) is 11.3 Å². The molecule has 1 aromatic heterocycles. The summed E-state index contributed by atoms with van der Waals surface area (Å²) in [6.07, 6.45) is 0.640. The minimum atomic E-state index is -0.368. The molecule has 2 aromatic carbocycles. The van der Waals surface area contributed by atoms with Crippen LogP contribution in [0.1, 0.15) is 19.2 Å². The Bertz CT molecular complexity index is 988. The second kappa shape index (κ2) is 8.26. The predicted octanol–water partition coefficient (Wildman–Crippen LogP) is 2.84. The highest BCUT2D eigenvalue weighted by Gasteiger charge is 2.35. The van der Waals surface area contributed by atoms with Crippen LogP contribution in [-0.2, 0) is 16.0 Å². The molecule has 1 aliphatic heterocycles. The van der Waals surface area contributed by atoms with Crippen LogP contribution in [0.2, 0.25) is 0 Å². The van der Waals surface area contributed by atoms with Crippen LogP contribution in [0.25, 0.3) is 11.4 Å². The van der Waals surface area contributed by atoms with Gasteiger partial charge in [-0.1, -0.05) is 53.7 Å². The van der Waals surface area contributed by atoms with Crippen molar-refractivity contribution in [2.24, 2.45) is 5.92 Å². The molecule has 2 amide bonds. The predicted molar refractivity (Wildman–Crippen MR) is 108 cm³/mol. The number of hydrogen-bond donors (Lipinski definition) is 1. The van der Waals surface area contributed by atoms with E-state index < -0.39 is 0 Å². The summed E-state index contributed by atoms with van der Waals surface area (Å²) in [6.45, 7) is 2.27. The van der Waals surface area contributed by atoms with E-state index in [1.165, 1.54) is 0 Å². The van der Waals surface area contributed by atoms with Crippen molar-refractivity contribution in [1.82, 2.24) is 15.5 Å². The molecule has 0 saturated carbocycles. The van der Waals surface area contributed by atoms with Crippen LogP contribution in [0, 0.1) is 5.92 Å². The van der Waals surface area contributed by atoms with Gasteiger partial charge in [0.15, 0.2) is 0 Å². The van der Waals surface area contributed by atoms with Crippen LogP contribution >= 0.6 is 0 Å². The maximum atomic E-state index is 12.6. The quantitative estimate of drug-likeness (QED) is 0.699. The molecule has 29 heavy (non-hydrogen) atoms. The second-order valence-electron chi connectivity index (χ2n) is 7.23. The number of benzene rings is 2. The first kappa shape index (κ1) is 18.9. The summed E-state index contributed by atoms with van der Waals surface area (Å²) in [4.78, 5) is 31.0. The number of nitrogens with one attached hydrogen (secondary N) is 1. The van der Waals surface area contributed by atoms with Crippen molar-refractivity contribution < 1.29 is 14.1 Å². The number of rotatable bonds is 6. The molecule has 3 aromatic rings. The third-order valence-corrected chi connectivity index (χ3v) is 4.93. The maximum Gasteiger partial charge on any atom is 0.229 e. The Kier molecular flexibility index (Phi) is 5.37. The molecule has 0 aliphatic carbocycles. The zero-order chi connectivity index (χ0) is 20.2. The summed E-state index contributed by atoms with van der Waals surface area (Å²) in [6, 6.07) is 18.8.